The summed E-state index contributed by atoms with van der Waals surface area (Å²) in [6.45, 7) is 5.77. The molecule has 1 atom stereocenters. The number of likely N-dealkylation sites (tertiary alicyclic amines) is 1. The van der Waals surface area contributed by atoms with Crippen molar-refractivity contribution in [2.75, 3.05) is 31.5 Å². The molecule has 2 N–H and O–H groups in total. The van der Waals surface area contributed by atoms with Gasteiger partial charge in [-0.1, -0.05) is 12.1 Å². The van der Waals surface area contributed by atoms with Gasteiger partial charge in [0.2, 0.25) is 15.9 Å². The number of nitrogens with one attached hydrogen (secondary N) is 2. The fourth-order valence-corrected chi connectivity index (χ4v) is 5.88. The number of sulfonamides is 1. The molecule has 172 valence electrons. The molecular weight excluding hydrogens is 428 g/mol. The maximum atomic E-state index is 13.2. The molecule has 8 nitrogen and oxygen atoms in total. The van der Waals surface area contributed by atoms with Gasteiger partial charge in [0.05, 0.1) is 5.92 Å². The molecule has 2 amide bonds. The molecule has 32 heavy (non-hydrogen) atoms. The van der Waals surface area contributed by atoms with Crippen LogP contribution in [0.4, 0.5) is 5.69 Å². The van der Waals surface area contributed by atoms with Crippen LogP contribution in [0, 0.1) is 19.8 Å². The topological polar surface area (TPSA) is 103 Å². The molecule has 2 aromatic rings. The quantitative estimate of drug-likeness (QED) is 0.719. The Balaban J connectivity index is 1.46. The van der Waals surface area contributed by atoms with Crippen molar-refractivity contribution in [1.29, 1.82) is 0 Å². The molecule has 0 bridgehead atoms. The summed E-state index contributed by atoms with van der Waals surface area (Å²) in [7, 11) is -3.80. The zero-order valence-electron chi connectivity index (χ0n) is 18.6. The second kappa shape index (κ2) is 9.07. The summed E-state index contributed by atoms with van der Waals surface area (Å²) in [6.07, 6.45) is 4.55. The molecule has 0 spiro atoms. The molecule has 0 unspecified atom stereocenters. The normalized spacial score (nSPS) is 19.8. The lowest BCUT2D eigenvalue weighted by Crippen LogP contribution is -2.43. The summed E-state index contributed by atoms with van der Waals surface area (Å²) < 4.78 is 27.8. The molecule has 2 saturated heterocycles. The van der Waals surface area contributed by atoms with E-state index in [4.69, 9.17) is 0 Å². The molecule has 0 saturated carbocycles. The van der Waals surface area contributed by atoms with Crippen LogP contribution in [0.25, 0.3) is 0 Å². The van der Waals surface area contributed by atoms with E-state index in [9.17, 15) is 18.0 Å². The number of rotatable bonds is 5. The Bertz CT molecular complexity index is 1120. The Labute approximate surface area is 189 Å². The Kier molecular flexibility index (Phi) is 6.39. The first-order valence-electron chi connectivity index (χ1n) is 11.1. The minimum atomic E-state index is -3.80. The summed E-state index contributed by atoms with van der Waals surface area (Å²) in [4.78, 5) is 30.1. The highest BCUT2D eigenvalue weighted by Crippen LogP contribution is 2.26. The second-order valence-electron chi connectivity index (χ2n) is 8.76. The predicted octanol–water partition coefficient (Wildman–Crippen LogP) is 2.91. The third-order valence-electron chi connectivity index (χ3n) is 6.32. The maximum absolute atomic E-state index is 13.2. The van der Waals surface area contributed by atoms with Gasteiger partial charge in [-0.15, -0.1) is 0 Å². The molecule has 1 aromatic carbocycles. The van der Waals surface area contributed by atoms with Crippen molar-refractivity contribution in [3.05, 3.63) is 47.3 Å². The number of benzene rings is 1. The number of carbonyl (C=O) groups is 2. The number of aryl methyl sites for hydroxylation is 2. The van der Waals surface area contributed by atoms with E-state index in [1.807, 2.05) is 32.0 Å². The molecule has 4 rings (SSSR count). The maximum Gasteiger partial charge on any atom is 0.270 e. The number of hydrogen-bond acceptors (Lipinski definition) is 4. The van der Waals surface area contributed by atoms with Gasteiger partial charge in [-0.05, 0) is 62.8 Å². The number of nitrogens with zero attached hydrogens (tertiary/aromatic N) is 2. The van der Waals surface area contributed by atoms with Gasteiger partial charge in [0.15, 0.2) is 0 Å². The SMILES string of the molecule is Cc1ccc(C)c(NC(=O)[C@@H]2CCCN(S(=O)(=O)c3c[nH]c(C(=O)N4CCCC4)c3)C2)c1. The minimum absolute atomic E-state index is 0.0654. The second-order valence-corrected chi connectivity index (χ2v) is 10.7. The lowest BCUT2D eigenvalue weighted by Gasteiger charge is -2.31. The lowest BCUT2D eigenvalue weighted by molar-refractivity contribution is -0.120. The first kappa shape index (κ1) is 22.5. The van der Waals surface area contributed by atoms with Crippen molar-refractivity contribution < 1.29 is 18.0 Å². The van der Waals surface area contributed by atoms with Crippen LogP contribution in [0.1, 0.15) is 47.3 Å². The van der Waals surface area contributed by atoms with Crippen LogP contribution in [-0.4, -0.2) is 60.6 Å². The third-order valence-corrected chi connectivity index (χ3v) is 8.17. The molecule has 0 radical (unpaired) electrons. The van der Waals surface area contributed by atoms with E-state index >= 15 is 0 Å². The molecule has 3 heterocycles. The Morgan fingerprint density at radius 1 is 1.06 bits per heavy atom. The highest BCUT2D eigenvalue weighted by atomic mass is 32.2. The highest BCUT2D eigenvalue weighted by molar-refractivity contribution is 7.89. The number of H-pyrrole nitrogens is 1. The van der Waals surface area contributed by atoms with E-state index in [1.165, 1.54) is 16.6 Å². The predicted molar refractivity (Wildman–Crippen MR) is 122 cm³/mol. The number of carbonyl (C=O) groups excluding carboxylic acids is 2. The van der Waals surface area contributed by atoms with Gasteiger partial charge in [0, 0.05) is 38.1 Å². The van der Waals surface area contributed by atoms with E-state index in [-0.39, 0.29) is 28.9 Å². The zero-order valence-corrected chi connectivity index (χ0v) is 19.4. The van der Waals surface area contributed by atoms with Crippen molar-refractivity contribution in [2.24, 2.45) is 5.92 Å². The Morgan fingerprint density at radius 2 is 1.81 bits per heavy atom. The van der Waals surface area contributed by atoms with E-state index in [0.29, 0.717) is 32.5 Å². The van der Waals surface area contributed by atoms with Crippen LogP contribution in [0.2, 0.25) is 0 Å². The van der Waals surface area contributed by atoms with E-state index in [2.05, 4.69) is 10.3 Å². The Morgan fingerprint density at radius 3 is 2.56 bits per heavy atom. The van der Waals surface area contributed by atoms with Gasteiger partial charge in [-0.2, -0.15) is 4.31 Å². The summed E-state index contributed by atoms with van der Waals surface area (Å²) in [5, 5.41) is 2.97. The van der Waals surface area contributed by atoms with Crippen molar-refractivity contribution in [1.82, 2.24) is 14.2 Å². The summed E-state index contributed by atoms with van der Waals surface area (Å²) in [5.41, 5.74) is 3.05. The van der Waals surface area contributed by atoms with Gasteiger partial charge in [-0.25, -0.2) is 8.42 Å². The average Bonchev–Trinajstić information content (AvgIpc) is 3.49. The number of piperidine rings is 1. The van der Waals surface area contributed by atoms with Crippen molar-refractivity contribution in [3.8, 4) is 0 Å². The van der Waals surface area contributed by atoms with Crippen LogP contribution >= 0.6 is 0 Å². The number of aromatic nitrogens is 1. The molecule has 2 aliphatic heterocycles. The summed E-state index contributed by atoms with van der Waals surface area (Å²) >= 11 is 0. The molecule has 2 fully saturated rings. The minimum Gasteiger partial charge on any atom is -0.356 e. The van der Waals surface area contributed by atoms with Gasteiger partial charge >= 0.3 is 0 Å². The number of anilines is 1. The lowest BCUT2D eigenvalue weighted by atomic mass is 9.98. The van der Waals surface area contributed by atoms with Crippen molar-refractivity contribution >= 4 is 27.5 Å². The monoisotopic (exact) mass is 458 g/mol. The first-order chi connectivity index (χ1) is 15.3. The zero-order chi connectivity index (χ0) is 22.9. The molecule has 9 heteroatoms. The average molecular weight is 459 g/mol. The van der Waals surface area contributed by atoms with Crippen molar-refractivity contribution in [3.63, 3.8) is 0 Å². The van der Waals surface area contributed by atoms with Gasteiger partial charge < -0.3 is 15.2 Å². The highest BCUT2D eigenvalue weighted by Gasteiger charge is 2.34. The van der Waals surface area contributed by atoms with E-state index in [1.54, 1.807) is 4.90 Å². The first-order valence-corrected chi connectivity index (χ1v) is 12.6. The molecular formula is C23H30N4O4S. The summed E-state index contributed by atoms with van der Waals surface area (Å²) in [5.74, 6) is -0.769. The third kappa shape index (κ3) is 4.59. The molecule has 0 aliphatic carbocycles. The molecule has 1 aromatic heterocycles. The molecule has 2 aliphatic rings. The van der Waals surface area contributed by atoms with Gasteiger partial charge in [0.25, 0.3) is 5.91 Å². The van der Waals surface area contributed by atoms with Crippen LogP contribution in [0.3, 0.4) is 0 Å². The number of hydrogen-bond donors (Lipinski definition) is 2. The van der Waals surface area contributed by atoms with Crippen LogP contribution < -0.4 is 5.32 Å². The fourth-order valence-electron chi connectivity index (χ4n) is 4.37. The largest absolute Gasteiger partial charge is 0.356 e. The van der Waals surface area contributed by atoms with Gasteiger partial charge in [-0.3, -0.25) is 9.59 Å². The standard InChI is InChI=1S/C23H30N4O4S/c1-16-7-8-17(2)20(12-16)25-22(28)18-6-5-11-27(15-18)32(30,31)19-13-21(24-14-19)23(29)26-9-3-4-10-26/h7-8,12-14,18,24H,3-6,9-11,15H2,1-2H3,(H,25,28)/t18-/m1/s1. The van der Waals surface area contributed by atoms with Gasteiger partial charge in [0.1, 0.15) is 10.6 Å². The van der Waals surface area contributed by atoms with E-state index in [0.717, 1.165) is 29.7 Å². The fraction of sp³-hybridized carbons (Fsp3) is 0.478. The summed E-state index contributed by atoms with van der Waals surface area (Å²) in [6, 6.07) is 7.27. The Hall–Kier alpha value is -2.65. The van der Waals surface area contributed by atoms with Crippen LogP contribution in [-0.2, 0) is 14.8 Å². The van der Waals surface area contributed by atoms with Crippen molar-refractivity contribution in [2.45, 2.75) is 44.4 Å². The van der Waals surface area contributed by atoms with Crippen LogP contribution in [0.5, 0.6) is 0 Å². The smallest absolute Gasteiger partial charge is 0.270 e. The van der Waals surface area contributed by atoms with E-state index < -0.39 is 15.9 Å². The van der Waals surface area contributed by atoms with Crippen LogP contribution in [0.15, 0.2) is 35.4 Å². The number of aromatic amines is 1. The number of amides is 2.